The molecule has 3 aromatic rings. The van der Waals surface area contributed by atoms with Gasteiger partial charge in [-0.05, 0) is 74.5 Å². The summed E-state index contributed by atoms with van der Waals surface area (Å²) in [4.78, 5) is 25.4. The Morgan fingerprint density at radius 3 is 1.87 bits per heavy atom. The second kappa shape index (κ2) is 10.1. The predicted molar refractivity (Wildman–Crippen MR) is 118 cm³/mol. The molecule has 0 aliphatic heterocycles. The molecule has 2 amide bonds. The fourth-order valence-corrected chi connectivity index (χ4v) is 2.85. The van der Waals surface area contributed by atoms with E-state index in [1.165, 1.54) is 0 Å². The number of rotatable bonds is 8. The minimum atomic E-state index is -0.318. The maximum absolute atomic E-state index is 12.8. The van der Waals surface area contributed by atoms with Crippen molar-refractivity contribution in [2.75, 3.05) is 23.8 Å². The molecular weight excluding hydrogens is 380 g/mol. The third-order valence-corrected chi connectivity index (χ3v) is 4.27. The molecule has 0 atom stereocenters. The van der Waals surface area contributed by atoms with E-state index in [1.54, 1.807) is 72.8 Å². The van der Waals surface area contributed by atoms with Crippen molar-refractivity contribution >= 4 is 23.2 Å². The molecule has 3 aromatic carbocycles. The summed E-state index contributed by atoms with van der Waals surface area (Å²) in [6.45, 7) is 4.94. The SMILES string of the molecule is CCOc1ccc(NC(=O)c2ccccc2NC(=O)c2ccc(OCC)cc2)cc1. The fourth-order valence-electron chi connectivity index (χ4n) is 2.85. The number of anilines is 2. The molecule has 6 heteroatoms. The van der Waals surface area contributed by atoms with Crippen LogP contribution >= 0.6 is 0 Å². The Bertz CT molecular complexity index is 998. The summed E-state index contributed by atoms with van der Waals surface area (Å²) >= 11 is 0. The van der Waals surface area contributed by atoms with Gasteiger partial charge in [0.05, 0.1) is 24.5 Å². The van der Waals surface area contributed by atoms with Crippen molar-refractivity contribution in [3.05, 3.63) is 83.9 Å². The Labute approximate surface area is 175 Å². The summed E-state index contributed by atoms with van der Waals surface area (Å²) in [5.74, 6) is 0.809. The van der Waals surface area contributed by atoms with E-state index < -0.39 is 0 Å². The summed E-state index contributed by atoms with van der Waals surface area (Å²) in [5, 5.41) is 5.65. The van der Waals surface area contributed by atoms with E-state index in [4.69, 9.17) is 9.47 Å². The lowest BCUT2D eigenvalue weighted by atomic mass is 10.1. The largest absolute Gasteiger partial charge is 0.494 e. The third-order valence-electron chi connectivity index (χ3n) is 4.27. The molecule has 0 aliphatic carbocycles. The van der Waals surface area contributed by atoms with Gasteiger partial charge in [0.1, 0.15) is 11.5 Å². The van der Waals surface area contributed by atoms with Crippen molar-refractivity contribution in [2.24, 2.45) is 0 Å². The fraction of sp³-hybridized carbons (Fsp3) is 0.167. The third kappa shape index (κ3) is 5.38. The van der Waals surface area contributed by atoms with Gasteiger partial charge in [0, 0.05) is 11.3 Å². The maximum atomic E-state index is 12.8. The topological polar surface area (TPSA) is 76.7 Å². The van der Waals surface area contributed by atoms with Gasteiger partial charge in [0.2, 0.25) is 0 Å². The first-order valence-corrected chi connectivity index (χ1v) is 9.78. The Hall–Kier alpha value is -3.80. The zero-order valence-corrected chi connectivity index (χ0v) is 17.0. The molecule has 0 aliphatic rings. The first kappa shape index (κ1) is 20.9. The summed E-state index contributed by atoms with van der Waals surface area (Å²) in [5.41, 5.74) is 1.90. The molecule has 0 bridgehead atoms. The van der Waals surface area contributed by atoms with Crippen LogP contribution in [0, 0.1) is 0 Å². The van der Waals surface area contributed by atoms with Crippen LogP contribution in [0.4, 0.5) is 11.4 Å². The molecule has 0 fully saturated rings. The lowest BCUT2D eigenvalue weighted by Gasteiger charge is -2.12. The molecule has 0 unspecified atom stereocenters. The molecule has 0 aromatic heterocycles. The molecule has 2 N–H and O–H groups in total. The first-order chi connectivity index (χ1) is 14.6. The molecule has 6 nitrogen and oxygen atoms in total. The summed E-state index contributed by atoms with van der Waals surface area (Å²) in [6.07, 6.45) is 0. The molecule has 30 heavy (non-hydrogen) atoms. The zero-order valence-electron chi connectivity index (χ0n) is 17.0. The average molecular weight is 404 g/mol. The van der Waals surface area contributed by atoms with Crippen molar-refractivity contribution < 1.29 is 19.1 Å². The Morgan fingerprint density at radius 2 is 1.27 bits per heavy atom. The minimum absolute atomic E-state index is 0.306. The predicted octanol–water partition coefficient (Wildman–Crippen LogP) is 4.99. The number of hydrogen-bond acceptors (Lipinski definition) is 4. The second-order valence-corrected chi connectivity index (χ2v) is 6.37. The van der Waals surface area contributed by atoms with E-state index in [9.17, 15) is 9.59 Å². The zero-order chi connectivity index (χ0) is 21.3. The average Bonchev–Trinajstić information content (AvgIpc) is 2.76. The van der Waals surface area contributed by atoms with Crippen LogP contribution in [-0.4, -0.2) is 25.0 Å². The van der Waals surface area contributed by atoms with Gasteiger partial charge in [-0.25, -0.2) is 0 Å². The van der Waals surface area contributed by atoms with Crippen LogP contribution in [0.5, 0.6) is 11.5 Å². The molecule has 0 heterocycles. The van der Waals surface area contributed by atoms with Gasteiger partial charge in [-0.2, -0.15) is 0 Å². The van der Waals surface area contributed by atoms with Crippen LogP contribution in [0.15, 0.2) is 72.8 Å². The van der Waals surface area contributed by atoms with E-state index in [0.717, 1.165) is 5.75 Å². The van der Waals surface area contributed by atoms with Crippen LogP contribution < -0.4 is 20.1 Å². The van der Waals surface area contributed by atoms with E-state index in [2.05, 4.69) is 10.6 Å². The quantitative estimate of drug-likeness (QED) is 0.555. The molecule has 0 saturated heterocycles. The Balaban J connectivity index is 1.71. The minimum Gasteiger partial charge on any atom is -0.494 e. The number of benzene rings is 3. The molecular formula is C24H24N2O4. The number of amides is 2. The van der Waals surface area contributed by atoms with E-state index in [-0.39, 0.29) is 11.8 Å². The molecule has 0 saturated carbocycles. The Kier molecular flexibility index (Phi) is 7.05. The number of hydrogen-bond donors (Lipinski definition) is 2. The number of ether oxygens (including phenoxy) is 2. The van der Waals surface area contributed by atoms with Gasteiger partial charge in [0.15, 0.2) is 0 Å². The first-order valence-electron chi connectivity index (χ1n) is 9.78. The van der Waals surface area contributed by atoms with Crippen molar-refractivity contribution in [1.82, 2.24) is 0 Å². The Morgan fingerprint density at radius 1 is 0.700 bits per heavy atom. The van der Waals surface area contributed by atoms with Gasteiger partial charge in [0.25, 0.3) is 11.8 Å². The van der Waals surface area contributed by atoms with E-state index in [1.807, 2.05) is 13.8 Å². The molecule has 154 valence electrons. The standard InChI is InChI=1S/C24H24N2O4/c1-3-29-19-13-9-17(10-14-19)23(27)26-22-8-6-5-7-21(22)24(28)25-18-11-15-20(16-12-18)30-4-2/h5-16H,3-4H2,1-2H3,(H,25,28)(H,26,27). The molecule has 0 radical (unpaired) electrons. The number of para-hydroxylation sites is 1. The van der Waals surface area contributed by atoms with Crippen LogP contribution in [0.1, 0.15) is 34.6 Å². The maximum Gasteiger partial charge on any atom is 0.257 e. The normalized spacial score (nSPS) is 10.2. The number of carbonyl (C=O) groups is 2. The monoisotopic (exact) mass is 404 g/mol. The lowest BCUT2D eigenvalue weighted by molar-refractivity contribution is 0.102. The number of nitrogens with one attached hydrogen (secondary N) is 2. The van der Waals surface area contributed by atoms with E-state index in [0.29, 0.717) is 41.5 Å². The van der Waals surface area contributed by atoms with Crippen LogP contribution in [0.3, 0.4) is 0 Å². The summed E-state index contributed by atoms with van der Waals surface area (Å²) < 4.78 is 10.8. The van der Waals surface area contributed by atoms with Gasteiger partial charge >= 0.3 is 0 Å². The highest BCUT2D eigenvalue weighted by atomic mass is 16.5. The van der Waals surface area contributed by atoms with Crippen LogP contribution in [0.2, 0.25) is 0 Å². The van der Waals surface area contributed by atoms with Crippen LogP contribution in [-0.2, 0) is 0 Å². The molecule has 3 rings (SSSR count). The summed E-state index contributed by atoms with van der Waals surface area (Å²) in [7, 11) is 0. The van der Waals surface area contributed by atoms with Crippen molar-refractivity contribution in [3.63, 3.8) is 0 Å². The van der Waals surface area contributed by atoms with Crippen molar-refractivity contribution in [2.45, 2.75) is 13.8 Å². The van der Waals surface area contributed by atoms with Crippen LogP contribution in [0.25, 0.3) is 0 Å². The van der Waals surface area contributed by atoms with Gasteiger partial charge in [-0.1, -0.05) is 12.1 Å². The highest BCUT2D eigenvalue weighted by Crippen LogP contribution is 2.21. The van der Waals surface area contributed by atoms with Crippen molar-refractivity contribution in [1.29, 1.82) is 0 Å². The van der Waals surface area contributed by atoms with Gasteiger partial charge in [-0.3, -0.25) is 9.59 Å². The summed E-state index contributed by atoms with van der Waals surface area (Å²) in [6, 6.07) is 20.8. The van der Waals surface area contributed by atoms with E-state index >= 15 is 0 Å². The molecule has 0 spiro atoms. The van der Waals surface area contributed by atoms with Crippen molar-refractivity contribution in [3.8, 4) is 11.5 Å². The van der Waals surface area contributed by atoms with Gasteiger partial charge in [-0.15, -0.1) is 0 Å². The van der Waals surface area contributed by atoms with Gasteiger partial charge < -0.3 is 20.1 Å². The lowest BCUT2D eigenvalue weighted by Crippen LogP contribution is -2.18. The smallest absolute Gasteiger partial charge is 0.257 e. The number of carbonyl (C=O) groups excluding carboxylic acids is 2. The highest BCUT2D eigenvalue weighted by Gasteiger charge is 2.14. The second-order valence-electron chi connectivity index (χ2n) is 6.37. The highest BCUT2D eigenvalue weighted by molar-refractivity contribution is 6.12.